The van der Waals surface area contributed by atoms with Crippen molar-refractivity contribution in [2.24, 2.45) is 0 Å². The molecule has 3 aromatic rings. The number of fused-ring (bicyclic) bond motifs is 1. The molecule has 0 spiro atoms. The lowest BCUT2D eigenvalue weighted by Gasteiger charge is -2.39. The minimum atomic E-state index is -0.635. The fourth-order valence-corrected chi connectivity index (χ4v) is 4.29. The molecule has 33 heavy (non-hydrogen) atoms. The highest BCUT2D eigenvalue weighted by Gasteiger charge is 2.42. The summed E-state index contributed by atoms with van der Waals surface area (Å²) in [6, 6.07) is 19.4. The number of hydrogen-bond acceptors (Lipinski definition) is 5. The minimum absolute atomic E-state index is 0.127. The van der Waals surface area contributed by atoms with Crippen LogP contribution in [0.4, 0.5) is 5.69 Å². The first-order valence-corrected chi connectivity index (χ1v) is 10.5. The number of nitrogens with zero attached hydrogens (tertiary/aromatic N) is 1. The van der Waals surface area contributed by atoms with Gasteiger partial charge in [0.1, 0.15) is 17.2 Å². The lowest BCUT2D eigenvalue weighted by molar-refractivity contribution is -0.119. The highest BCUT2D eigenvalue weighted by atomic mass is 16.5. The predicted molar refractivity (Wildman–Crippen MR) is 125 cm³/mol. The van der Waals surface area contributed by atoms with Gasteiger partial charge < -0.3 is 24.4 Å². The third kappa shape index (κ3) is 4.09. The van der Waals surface area contributed by atoms with Gasteiger partial charge in [-0.1, -0.05) is 30.3 Å². The zero-order chi connectivity index (χ0) is 23.5. The summed E-state index contributed by atoms with van der Waals surface area (Å²) in [5, 5.41) is 3.00. The van der Waals surface area contributed by atoms with Crippen molar-refractivity contribution in [2.75, 3.05) is 33.7 Å². The number of carbonyl (C=O) groups excluding carboxylic acids is 2. The number of methoxy groups -OCH3 is 3. The molecule has 0 unspecified atom stereocenters. The summed E-state index contributed by atoms with van der Waals surface area (Å²) in [5.41, 5.74) is 2.56. The second-order valence-electron chi connectivity index (χ2n) is 7.75. The number of amides is 2. The van der Waals surface area contributed by atoms with Crippen molar-refractivity contribution in [1.29, 1.82) is 0 Å². The van der Waals surface area contributed by atoms with Gasteiger partial charge in [-0.3, -0.25) is 9.59 Å². The molecule has 0 bridgehead atoms. The van der Waals surface area contributed by atoms with Gasteiger partial charge >= 0.3 is 0 Å². The molecule has 1 heterocycles. The van der Waals surface area contributed by atoms with Crippen LogP contribution >= 0.6 is 0 Å². The van der Waals surface area contributed by atoms with Crippen LogP contribution < -0.4 is 19.5 Å². The molecule has 0 saturated carbocycles. The molecule has 2 atom stereocenters. The van der Waals surface area contributed by atoms with Gasteiger partial charge in [0.05, 0.1) is 39.0 Å². The summed E-state index contributed by atoms with van der Waals surface area (Å²) >= 11 is 0. The fraction of sp³-hybridized carbons (Fsp3) is 0.231. The number of carbonyl (C=O) groups is 2. The number of nitrogens with one attached hydrogen (secondary N) is 1. The van der Waals surface area contributed by atoms with Crippen LogP contribution in [-0.2, 0) is 4.79 Å². The number of likely N-dealkylation sites (N-methyl/N-ethyl adjacent to an activating group) is 1. The Morgan fingerprint density at radius 2 is 1.55 bits per heavy atom. The first-order chi connectivity index (χ1) is 16.0. The van der Waals surface area contributed by atoms with Gasteiger partial charge in [-0.25, -0.2) is 0 Å². The van der Waals surface area contributed by atoms with Gasteiger partial charge in [-0.15, -0.1) is 0 Å². The van der Waals surface area contributed by atoms with E-state index in [4.69, 9.17) is 14.2 Å². The van der Waals surface area contributed by atoms with Gasteiger partial charge in [-0.05, 0) is 41.5 Å². The van der Waals surface area contributed by atoms with E-state index in [2.05, 4.69) is 5.32 Å². The van der Waals surface area contributed by atoms with Gasteiger partial charge in [0.2, 0.25) is 5.91 Å². The van der Waals surface area contributed by atoms with Crippen molar-refractivity contribution < 1.29 is 23.8 Å². The lowest BCUT2D eigenvalue weighted by atomic mass is 9.79. The van der Waals surface area contributed by atoms with E-state index >= 15 is 0 Å². The third-order valence-corrected chi connectivity index (χ3v) is 5.99. The van der Waals surface area contributed by atoms with E-state index in [1.807, 2.05) is 36.4 Å². The molecular formula is C26H26N2O5. The molecule has 0 aromatic heterocycles. The summed E-state index contributed by atoms with van der Waals surface area (Å²) in [4.78, 5) is 28.5. The van der Waals surface area contributed by atoms with Crippen LogP contribution in [-0.4, -0.2) is 45.1 Å². The highest BCUT2D eigenvalue weighted by molar-refractivity contribution is 6.04. The van der Waals surface area contributed by atoms with Gasteiger partial charge in [0.25, 0.3) is 5.91 Å². The second kappa shape index (κ2) is 9.24. The number of rotatable bonds is 6. The maximum absolute atomic E-state index is 13.8. The van der Waals surface area contributed by atoms with E-state index in [-0.39, 0.29) is 11.8 Å². The van der Waals surface area contributed by atoms with Gasteiger partial charge in [0.15, 0.2) is 0 Å². The molecule has 1 aliphatic rings. The van der Waals surface area contributed by atoms with Crippen molar-refractivity contribution >= 4 is 17.5 Å². The Balaban J connectivity index is 1.78. The van der Waals surface area contributed by atoms with Gasteiger partial charge in [-0.2, -0.15) is 0 Å². The molecule has 3 aromatic carbocycles. The second-order valence-corrected chi connectivity index (χ2v) is 7.75. The smallest absolute Gasteiger partial charge is 0.254 e. The number of anilines is 1. The Kier molecular flexibility index (Phi) is 6.22. The molecule has 170 valence electrons. The summed E-state index contributed by atoms with van der Waals surface area (Å²) in [6.45, 7) is 0. The first-order valence-electron chi connectivity index (χ1n) is 10.5. The molecule has 0 fully saturated rings. The van der Waals surface area contributed by atoms with Crippen LogP contribution in [0.5, 0.6) is 17.2 Å². The van der Waals surface area contributed by atoms with Crippen molar-refractivity contribution in [3.63, 3.8) is 0 Å². The van der Waals surface area contributed by atoms with E-state index < -0.39 is 12.0 Å². The van der Waals surface area contributed by atoms with E-state index in [1.54, 1.807) is 56.5 Å². The Bertz CT molecular complexity index is 1180. The van der Waals surface area contributed by atoms with Crippen LogP contribution in [0, 0.1) is 0 Å². The highest BCUT2D eigenvalue weighted by Crippen LogP contribution is 2.43. The summed E-state index contributed by atoms with van der Waals surface area (Å²) < 4.78 is 16.0. The Hall–Kier alpha value is -4.00. The normalized spacial score (nSPS) is 17.2. The molecule has 7 heteroatoms. The SMILES string of the molecule is COc1ccc([C@@H]2[C@H](C(=O)Nc3ccc(OC)cc3OC)c3ccccc3C(=O)N2C)cc1. The molecule has 0 aliphatic carbocycles. The largest absolute Gasteiger partial charge is 0.497 e. The summed E-state index contributed by atoms with van der Waals surface area (Å²) in [7, 11) is 6.42. The average molecular weight is 447 g/mol. The van der Waals surface area contributed by atoms with Crippen molar-refractivity contribution in [3.05, 3.63) is 83.4 Å². The Labute approximate surface area is 192 Å². The molecule has 2 amide bonds. The van der Waals surface area contributed by atoms with Crippen molar-refractivity contribution in [3.8, 4) is 17.2 Å². The average Bonchev–Trinajstić information content (AvgIpc) is 2.86. The van der Waals surface area contributed by atoms with Crippen molar-refractivity contribution in [2.45, 2.75) is 12.0 Å². The van der Waals surface area contributed by atoms with E-state index in [0.717, 1.165) is 5.56 Å². The van der Waals surface area contributed by atoms with Crippen LogP contribution in [0.1, 0.15) is 33.4 Å². The molecule has 1 aliphatic heterocycles. The van der Waals surface area contributed by atoms with E-state index in [9.17, 15) is 9.59 Å². The number of ether oxygens (including phenoxy) is 3. The third-order valence-electron chi connectivity index (χ3n) is 5.99. The lowest BCUT2D eigenvalue weighted by Crippen LogP contribution is -2.44. The van der Waals surface area contributed by atoms with Crippen LogP contribution in [0.25, 0.3) is 0 Å². The zero-order valence-electron chi connectivity index (χ0n) is 19.0. The predicted octanol–water partition coefficient (Wildman–Crippen LogP) is 4.26. The monoisotopic (exact) mass is 446 g/mol. The Morgan fingerprint density at radius 1 is 0.879 bits per heavy atom. The topological polar surface area (TPSA) is 77.1 Å². The maximum Gasteiger partial charge on any atom is 0.254 e. The van der Waals surface area contributed by atoms with Crippen LogP contribution in [0.3, 0.4) is 0 Å². The minimum Gasteiger partial charge on any atom is -0.497 e. The fourth-order valence-electron chi connectivity index (χ4n) is 4.29. The molecule has 0 radical (unpaired) electrons. The molecular weight excluding hydrogens is 420 g/mol. The van der Waals surface area contributed by atoms with Gasteiger partial charge in [0, 0.05) is 18.7 Å². The summed E-state index contributed by atoms with van der Waals surface area (Å²) in [6.07, 6.45) is 0. The standard InChI is InChI=1S/C26H26N2O5/c1-28-24(16-9-11-17(31-2)12-10-16)23(19-7-5-6-8-20(19)26(28)30)25(29)27-21-14-13-18(32-3)15-22(21)33-4/h5-15,23-24H,1-4H3,(H,27,29)/t23-,24-/m1/s1. The maximum atomic E-state index is 13.8. The number of hydrogen-bond donors (Lipinski definition) is 1. The Morgan fingerprint density at radius 3 is 2.21 bits per heavy atom. The van der Waals surface area contributed by atoms with E-state index in [1.165, 1.54) is 7.11 Å². The first kappa shape index (κ1) is 22.2. The van der Waals surface area contributed by atoms with Crippen LogP contribution in [0.2, 0.25) is 0 Å². The molecule has 7 nitrogen and oxygen atoms in total. The molecule has 0 saturated heterocycles. The van der Waals surface area contributed by atoms with Crippen LogP contribution in [0.15, 0.2) is 66.7 Å². The zero-order valence-corrected chi connectivity index (χ0v) is 19.0. The molecule has 1 N–H and O–H groups in total. The molecule has 4 rings (SSSR count). The quantitative estimate of drug-likeness (QED) is 0.612. The van der Waals surface area contributed by atoms with Crippen molar-refractivity contribution in [1.82, 2.24) is 4.90 Å². The summed E-state index contributed by atoms with van der Waals surface area (Å²) in [5.74, 6) is 0.798. The van der Waals surface area contributed by atoms with E-state index in [0.29, 0.717) is 34.1 Å². The number of benzene rings is 3.